The summed E-state index contributed by atoms with van der Waals surface area (Å²) in [6.45, 7) is 6.43. The number of nitrogens with two attached hydrogens (primary N) is 1. The molecule has 1 aromatic carbocycles. The van der Waals surface area contributed by atoms with Crippen molar-refractivity contribution in [2.75, 3.05) is 5.73 Å². The number of rotatable bonds is 3. The summed E-state index contributed by atoms with van der Waals surface area (Å²) in [5.74, 6) is 0.597. The molecule has 2 aromatic rings. The van der Waals surface area contributed by atoms with Crippen LogP contribution in [0.25, 0.3) is 11.1 Å². The molecule has 0 aliphatic carbocycles. The van der Waals surface area contributed by atoms with Crippen LogP contribution in [-0.4, -0.2) is 15.0 Å². The highest BCUT2D eigenvalue weighted by Gasteiger charge is 2.12. The number of hydrogen-bond acceptors (Lipinski definition) is 3. The van der Waals surface area contributed by atoms with Gasteiger partial charge in [0.1, 0.15) is 0 Å². The molecule has 0 amide bonds. The van der Waals surface area contributed by atoms with Gasteiger partial charge in [0, 0.05) is 28.5 Å². The van der Waals surface area contributed by atoms with Gasteiger partial charge in [0.05, 0.1) is 0 Å². The van der Waals surface area contributed by atoms with E-state index in [4.69, 9.17) is 5.73 Å². The molecule has 0 aliphatic heterocycles. The van der Waals surface area contributed by atoms with Crippen LogP contribution in [0.4, 0.5) is 5.82 Å². The lowest BCUT2D eigenvalue weighted by Gasteiger charge is -2.06. The lowest BCUT2D eigenvalue weighted by molar-refractivity contribution is 0.744. The third kappa shape index (κ3) is 2.53. The Labute approximate surface area is 112 Å². The van der Waals surface area contributed by atoms with E-state index in [1.807, 2.05) is 30.4 Å². The van der Waals surface area contributed by atoms with E-state index in [0.717, 1.165) is 16.8 Å². The Morgan fingerprint density at radius 3 is 2.28 bits per heavy atom. The Hall–Kier alpha value is -1.42. The van der Waals surface area contributed by atoms with Crippen LogP contribution >= 0.6 is 11.8 Å². The molecule has 1 heterocycles. The van der Waals surface area contributed by atoms with E-state index in [-0.39, 0.29) is 0 Å². The van der Waals surface area contributed by atoms with E-state index < -0.39 is 0 Å². The number of anilines is 1. The Kier molecular flexibility index (Phi) is 3.66. The van der Waals surface area contributed by atoms with Crippen molar-refractivity contribution in [3.63, 3.8) is 0 Å². The van der Waals surface area contributed by atoms with Crippen molar-refractivity contribution in [1.29, 1.82) is 0 Å². The van der Waals surface area contributed by atoms with Crippen molar-refractivity contribution < 1.29 is 0 Å². The Balaban J connectivity index is 2.34. The molecule has 0 fully saturated rings. The molecule has 0 unspecified atom stereocenters. The fourth-order valence-corrected chi connectivity index (χ4v) is 2.80. The van der Waals surface area contributed by atoms with Crippen molar-refractivity contribution >= 4 is 17.6 Å². The minimum Gasteiger partial charge on any atom is -0.382 e. The molecule has 96 valence electrons. The number of aromatic nitrogens is 2. The van der Waals surface area contributed by atoms with Crippen molar-refractivity contribution in [3.05, 3.63) is 30.0 Å². The predicted octanol–water partition coefficient (Wildman–Crippen LogP) is 3.48. The summed E-state index contributed by atoms with van der Waals surface area (Å²) in [5.41, 5.74) is 9.22. The van der Waals surface area contributed by atoms with E-state index >= 15 is 0 Å². The van der Waals surface area contributed by atoms with Crippen molar-refractivity contribution in [3.8, 4) is 11.1 Å². The zero-order valence-corrected chi connectivity index (χ0v) is 12.1. The quantitative estimate of drug-likeness (QED) is 0.860. The first kappa shape index (κ1) is 13.0. The minimum absolute atomic E-state index is 0.597. The van der Waals surface area contributed by atoms with Crippen LogP contribution in [0.15, 0.2) is 29.2 Å². The van der Waals surface area contributed by atoms with Gasteiger partial charge in [0.25, 0.3) is 0 Å². The summed E-state index contributed by atoms with van der Waals surface area (Å²) in [6.07, 6.45) is 0. The molecular formula is C14H19N3S. The number of aryl methyl sites for hydroxylation is 1. The summed E-state index contributed by atoms with van der Waals surface area (Å²) in [7, 11) is 1.91. The van der Waals surface area contributed by atoms with E-state index in [1.54, 1.807) is 0 Å². The number of thioether (sulfide) groups is 1. The van der Waals surface area contributed by atoms with Crippen molar-refractivity contribution in [2.24, 2.45) is 7.05 Å². The number of nitrogen functional groups attached to an aromatic ring is 1. The van der Waals surface area contributed by atoms with E-state index in [0.29, 0.717) is 11.1 Å². The average molecular weight is 261 g/mol. The first-order valence-electron chi connectivity index (χ1n) is 6.05. The molecular weight excluding hydrogens is 242 g/mol. The fourth-order valence-electron chi connectivity index (χ4n) is 1.96. The van der Waals surface area contributed by atoms with Crippen LogP contribution in [0.5, 0.6) is 0 Å². The smallest absolute Gasteiger partial charge is 0.153 e. The first-order chi connectivity index (χ1) is 8.49. The van der Waals surface area contributed by atoms with Crippen LogP contribution in [-0.2, 0) is 7.05 Å². The monoisotopic (exact) mass is 261 g/mol. The Bertz CT molecular complexity index is 541. The van der Waals surface area contributed by atoms with Crippen LogP contribution in [0, 0.1) is 6.92 Å². The third-order valence-electron chi connectivity index (χ3n) is 2.88. The third-order valence-corrected chi connectivity index (χ3v) is 3.89. The van der Waals surface area contributed by atoms with Crippen LogP contribution in [0.3, 0.4) is 0 Å². The second-order valence-corrected chi connectivity index (χ2v) is 6.31. The van der Waals surface area contributed by atoms with Gasteiger partial charge in [0.2, 0.25) is 0 Å². The van der Waals surface area contributed by atoms with E-state index in [9.17, 15) is 0 Å². The van der Waals surface area contributed by atoms with Gasteiger partial charge >= 0.3 is 0 Å². The van der Waals surface area contributed by atoms with Gasteiger partial charge < -0.3 is 5.73 Å². The molecule has 18 heavy (non-hydrogen) atoms. The molecule has 0 bridgehead atoms. The van der Waals surface area contributed by atoms with E-state index in [2.05, 4.69) is 43.2 Å². The van der Waals surface area contributed by atoms with E-state index in [1.165, 1.54) is 4.90 Å². The normalized spacial score (nSPS) is 11.2. The van der Waals surface area contributed by atoms with Crippen molar-refractivity contribution in [2.45, 2.75) is 30.9 Å². The maximum Gasteiger partial charge on any atom is 0.153 e. The second-order valence-electron chi connectivity index (χ2n) is 4.66. The minimum atomic E-state index is 0.597. The molecule has 2 rings (SSSR count). The maximum absolute atomic E-state index is 5.96. The standard InChI is InChI=1S/C14H19N3S/c1-9(2)18-12-7-5-11(6-8-12)13-10(3)17(4)16-14(13)15/h5-9H,1-4H3,(H2,15,16). The summed E-state index contributed by atoms with van der Waals surface area (Å²) >= 11 is 1.86. The zero-order valence-electron chi connectivity index (χ0n) is 11.3. The highest BCUT2D eigenvalue weighted by atomic mass is 32.2. The van der Waals surface area contributed by atoms with Gasteiger partial charge in [-0.15, -0.1) is 11.8 Å². The summed E-state index contributed by atoms with van der Waals surface area (Å²) < 4.78 is 1.82. The number of hydrogen-bond donors (Lipinski definition) is 1. The van der Waals surface area contributed by atoms with Gasteiger partial charge in [-0.25, -0.2) is 0 Å². The molecule has 2 N–H and O–H groups in total. The molecule has 0 atom stereocenters. The largest absolute Gasteiger partial charge is 0.382 e. The van der Waals surface area contributed by atoms with Gasteiger partial charge in [-0.05, 0) is 24.6 Å². The first-order valence-corrected chi connectivity index (χ1v) is 6.93. The second kappa shape index (κ2) is 5.06. The maximum atomic E-state index is 5.96. The molecule has 0 aliphatic rings. The average Bonchev–Trinajstić information content (AvgIpc) is 2.54. The SMILES string of the molecule is Cc1c(-c2ccc(SC(C)C)cc2)c(N)nn1C. The lowest BCUT2D eigenvalue weighted by atomic mass is 10.1. The van der Waals surface area contributed by atoms with Gasteiger partial charge in [0.15, 0.2) is 5.82 Å². The lowest BCUT2D eigenvalue weighted by Crippen LogP contribution is -1.93. The molecule has 4 heteroatoms. The molecule has 1 aromatic heterocycles. The number of nitrogens with zero attached hydrogens (tertiary/aromatic N) is 2. The number of benzene rings is 1. The van der Waals surface area contributed by atoms with Gasteiger partial charge in [-0.2, -0.15) is 5.10 Å². The highest BCUT2D eigenvalue weighted by molar-refractivity contribution is 7.99. The summed E-state index contributed by atoms with van der Waals surface area (Å²) in [6, 6.07) is 8.52. The fraction of sp³-hybridized carbons (Fsp3) is 0.357. The summed E-state index contributed by atoms with van der Waals surface area (Å²) in [4.78, 5) is 1.29. The molecule has 0 spiro atoms. The van der Waals surface area contributed by atoms with Crippen LogP contribution < -0.4 is 5.73 Å². The van der Waals surface area contributed by atoms with Crippen LogP contribution in [0.1, 0.15) is 19.5 Å². The Morgan fingerprint density at radius 2 is 1.83 bits per heavy atom. The summed E-state index contributed by atoms with van der Waals surface area (Å²) in [5, 5.41) is 4.85. The molecule has 0 saturated carbocycles. The molecule has 0 radical (unpaired) electrons. The Morgan fingerprint density at radius 1 is 1.22 bits per heavy atom. The predicted molar refractivity (Wildman–Crippen MR) is 78.8 cm³/mol. The van der Waals surface area contributed by atoms with Crippen molar-refractivity contribution in [1.82, 2.24) is 9.78 Å². The highest BCUT2D eigenvalue weighted by Crippen LogP contribution is 2.31. The molecule has 3 nitrogen and oxygen atoms in total. The van der Waals surface area contributed by atoms with Gasteiger partial charge in [-0.1, -0.05) is 26.0 Å². The zero-order chi connectivity index (χ0) is 13.3. The van der Waals surface area contributed by atoms with Crippen LogP contribution in [0.2, 0.25) is 0 Å². The topological polar surface area (TPSA) is 43.8 Å². The molecule has 0 saturated heterocycles. The van der Waals surface area contributed by atoms with Gasteiger partial charge in [-0.3, -0.25) is 4.68 Å².